The molecule has 1 aromatic carbocycles. The minimum absolute atomic E-state index is 0.0526. The van der Waals surface area contributed by atoms with E-state index in [0.717, 1.165) is 22.2 Å². The van der Waals surface area contributed by atoms with Crippen LogP contribution in [0.3, 0.4) is 0 Å². The third-order valence-corrected chi connectivity index (χ3v) is 8.47. The molecule has 9 heteroatoms. The molecule has 1 saturated heterocycles. The summed E-state index contributed by atoms with van der Waals surface area (Å²) in [7, 11) is -0.505. The minimum atomic E-state index is -3.49. The second-order valence-electron chi connectivity index (χ2n) is 7.63. The number of aromatic nitrogens is 2. The van der Waals surface area contributed by atoms with E-state index in [1.807, 2.05) is 4.90 Å². The number of carbonyl (C=O) groups excluding carboxylic acids is 1. The summed E-state index contributed by atoms with van der Waals surface area (Å²) >= 11 is 1.74. The van der Waals surface area contributed by atoms with Crippen molar-refractivity contribution < 1.29 is 13.2 Å². The number of hydrogen-bond donors (Lipinski definition) is 0. The van der Waals surface area contributed by atoms with Gasteiger partial charge in [-0.25, -0.2) is 12.7 Å². The monoisotopic (exact) mass is 420 g/mol. The lowest BCUT2D eigenvalue weighted by Crippen LogP contribution is -2.37. The van der Waals surface area contributed by atoms with Gasteiger partial charge in [0, 0.05) is 44.6 Å². The standard InChI is InChI=1S/C19H24N4O3S2/c1-22(2)28(25,26)16-7-5-15(6-8-16)19(24)23-11-9-14(10-12-23)18-21-20-17(27-18)13-3-4-13/h5-8,13-14H,3-4,9-12H2,1-2H3. The number of benzene rings is 1. The SMILES string of the molecule is CN(C)S(=O)(=O)c1ccc(C(=O)N2CCC(c3nnc(C4CC4)s3)CC2)cc1. The molecule has 0 N–H and O–H groups in total. The summed E-state index contributed by atoms with van der Waals surface area (Å²) < 4.78 is 25.5. The molecular formula is C19H24N4O3S2. The van der Waals surface area contributed by atoms with Crippen molar-refractivity contribution in [2.24, 2.45) is 0 Å². The molecule has 2 fully saturated rings. The maximum absolute atomic E-state index is 12.8. The average molecular weight is 421 g/mol. The van der Waals surface area contributed by atoms with Gasteiger partial charge in [-0.15, -0.1) is 21.5 Å². The van der Waals surface area contributed by atoms with E-state index >= 15 is 0 Å². The lowest BCUT2D eigenvalue weighted by atomic mass is 9.97. The number of piperidine rings is 1. The molecule has 1 amide bonds. The van der Waals surface area contributed by atoms with Gasteiger partial charge < -0.3 is 4.90 Å². The number of hydrogen-bond acceptors (Lipinski definition) is 6. The molecule has 0 spiro atoms. The fourth-order valence-electron chi connectivity index (χ4n) is 3.40. The molecule has 1 saturated carbocycles. The Morgan fingerprint density at radius 3 is 2.04 bits per heavy atom. The Labute approximate surface area is 169 Å². The van der Waals surface area contributed by atoms with Crippen LogP contribution in [0.4, 0.5) is 0 Å². The summed E-state index contributed by atoms with van der Waals surface area (Å²) in [6, 6.07) is 6.18. The first kappa shape index (κ1) is 19.5. The van der Waals surface area contributed by atoms with Crippen LogP contribution in [0.25, 0.3) is 0 Å². The van der Waals surface area contributed by atoms with Gasteiger partial charge in [0.1, 0.15) is 10.0 Å². The topological polar surface area (TPSA) is 83.5 Å². The van der Waals surface area contributed by atoms with E-state index in [0.29, 0.717) is 30.5 Å². The van der Waals surface area contributed by atoms with Crippen LogP contribution in [0.2, 0.25) is 0 Å². The molecule has 28 heavy (non-hydrogen) atoms. The zero-order valence-corrected chi connectivity index (χ0v) is 17.7. The molecule has 0 radical (unpaired) electrons. The number of rotatable bonds is 5. The molecule has 4 rings (SSSR count). The van der Waals surface area contributed by atoms with Crippen LogP contribution in [0.1, 0.15) is 57.9 Å². The van der Waals surface area contributed by atoms with E-state index in [1.165, 1.54) is 44.1 Å². The lowest BCUT2D eigenvalue weighted by Gasteiger charge is -2.31. The number of likely N-dealkylation sites (tertiary alicyclic amines) is 1. The Balaban J connectivity index is 1.38. The molecule has 1 aliphatic heterocycles. The Kier molecular flexibility index (Phi) is 5.24. The van der Waals surface area contributed by atoms with Crippen molar-refractivity contribution in [1.82, 2.24) is 19.4 Å². The Morgan fingerprint density at radius 2 is 1.54 bits per heavy atom. The van der Waals surface area contributed by atoms with Gasteiger partial charge in [-0.05, 0) is 49.9 Å². The molecular weight excluding hydrogens is 396 g/mol. The van der Waals surface area contributed by atoms with Gasteiger partial charge in [-0.2, -0.15) is 0 Å². The maximum atomic E-state index is 12.8. The highest BCUT2D eigenvalue weighted by molar-refractivity contribution is 7.89. The number of sulfonamides is 1. The largest absolute Gasteiger partial charge is 0.339 e. The van der Waals surface area contributed by atoms with Crippen molar-refractivity contribution in [2.75, 3.05) is 27.2 Å². The first-order valence-electron chi connectivity index (χ1n) is 9.51. The fourth-order valence-corrected chi connectivity index (χ4v) is 5.48. The third-order valence-electron chi connectivity index (χ3n) is 5.39. The summed E-state index contributed by atoms with van der Waals surface area (Å²) in [5, 5.41) is 11.0. The molecule has 0 atom stereocenters. The van der Waals surface area contributed by atoms with Gasteiger partial charge in [0.2, 0.25) is 10.0 Å². The molecule has 0 unspecified atom stereocenters. The van der Waals surface area contributed by atoms with Crippen LogP contribution >= 0.6 is 11.3 Å². The van der Waals surface area contributed by atoms with Gasteiger partial charge in [-0.3, -0.25) is 4.79 Å². The summed E-state index contributed by atoms with van der Waals surface area (Å²) in [5.74, 6) is 0.956. The highest BCUT2D eigenvalue weighted by Crippen LogP contribution is 2.43. The van der Waals surface area contributed by atoms with E-state index in [9.17, 15) is 13.2 Å². The summed E-state index contributed by atoms with van der Waals surface area (Å²) in [4.78, 5) is 14.8. The maximum Gasteiger partial charge on any atom is 0.253 e. The van der Waals surface area contributed by atoms with E-state index in [-0.39, 0.29) is 10.8 Å². The zero-order chi connectivity index (χ0) is 19.9. The average Bonchev–Trinajstić information content (AvgIpc) is 3.44. The van der Waals surface area contributed by atoms with Crippen molar-refractivity contribution in [1.29, 1.82) is 0 Å². The molecule has 1 aliphatic carbocycles. The summed E-state index contributed by atoms with van der Waals surface area (Å²) in [6.45, 7) is 1.36. The number of carbonyl (C=O) groups is 1. The molecule has 0 bridgehead atoms. The third kappa shape index (κ3) is 3.83. The Bertz CT molecular complexity index is 957. The summed E-state index contributed by atoms with van der Waals surface area (Å²) in [6.07, 6.45) is 4.24. The van der Waals surface area contributed by atoms with Crippen LogP contribution in [0.5, 0.6) is 0 Å². The van der Waals surface area contributed by atoms with Crippen LogP contribution in [0.15, 0.2) is 29.2 Å². The molecule has 7 nitrogen and oxygen atoms in total. The lowest BCUT2D eigenvalue weighted by molar-refractivity contribution is 0.0712. The highest BCUT2D eigenvalue weighted by atomic mass is 32.2. The van der Waals surface area contributed by atoms with Gasteiger partial charge in [-0.1, -0.05) is 0 Å². The van der Waals surface area contributed by atoms with E-state index in [2.05, 4.69) is 10.2 Å². The zero-order valence-electron chi connectivity index (χ0n) is 16.0. The number of amides is 1. The Hall–Kier alpha value is -1.84. The number of nitrogens with zero attached hydrogens (tertiary/aromatic N) is 4. The fraction of sp³-hybridized carbons (Fsp3) is 0.526. The molecule has 2 aliphatic rings. The predicted octanol–water partition coefficient (Wildman–Crippen LogP) is 2.69. The van der Waals surface area contributed by atoms with Crippen molar-refractivity contribution in [2.45, 2.75) is 42.4 Å². The predicted molar refractivity (Wildman–Crippen MR) is 107 cm³/mol. The smallest absolute Gasteiger partial charge is 0.253 e. The first-order valence-corrected chi connectivity index (χ1v) is 11.8. The van der Waals surface area contributed by atoms with Crippen molar-refractivity contribution >= 4 is 27.3 Å². The second-order valence-corrected chi connectivity index (χ2v) is 10.8. The van der Waals surface area contributed by atoms with Crippen LogP contribution < -0.4 is 0 Å². The minimum Gasteiger partial charge on any atom is -0.339 e. The van der Waals surface area contributed by atoms with E-state index in [1.54, 1.807) is 23.5 Å². The van der Waals surface area contributed by atoms with Gasteiger partial charge in [0.15, 0.2) is 0 Å². The van der Waals surface area contributed by atoms with Gasteiger partial charge >= 0.3 is 0 Å². The van der Waals surface area contributed by atoms with Crippen LogP contribution in [-0.2, 0) is 10.0 Å². The summed E-state index contributed by atoms with van der Waals surface area (Å²) in [5.41, 5.74) is 0.517. The highest BCUT2D eigenvalue weighted by Gasteiger charge is 2.31. The molecule has 150 valence electrons. The van der Waals surface area contributed by atoms with Crippen LogP contribution in [0, 0.1) is 0 Å². The van der Waals surface area contributed by atoms with Gasteiger partial charge in [0.05, 0.1) is 4.90 Å². The van der Waals surface area contributed by atoms with E-state index < -0.39 is 10.0 Å². The van der Waals surface area contributed by atoms with Crippen molar-refractivity contribution in [3.63, 3.8) is 0 Å². The normalized spacial score (nSPS) is 18.6. The Morgan fingerprint density at radius 1 is 1.00 bits per heavy atom. The molecule has 1 aromatic heterocycles. The van der Waals surface area contributed by atoms with E-state index in [4.69, 9.17) is 0 Å². The quantitative estimate of drug-likeness (QED) is 0.743. The van der Waals surface area contributed by atoms with Crippen molar-refractivity contribution in [3.05, 3.63) is 39.8 Å². The second kappa shape index (κ2) is 7.53. The van der Waals surface area contributed by atoms with Crippen molar-refractivity contribution in [3.8, 4) is 0 Å². The van der Waals surface area contributed by atoms with Gasteiger partial charge in [0.25, 0.3) is 5.91 Å². The van der Waals surface area contributed by atoms with Crippen LogP contribution in [-0.4, -0.2) is 60.9 Å². The molecule has 2 heterocycles. The first-order chi connectivity index (χ1) is 13.4. The molecule has 2 aromatic rings.